The summed E-state index contributed by atoms with van der Waals surface area (Å²) in [5.41, 5.74) is 6.08. The van der Waals surface area contributed by atoms with Gasteiger partial charge >= 0.3 is 0 Å². The number of aliphatic hydroxyl groups excluding tert-OH is 1. The van der Waals surface area contributed by atoms with Crippen LogP contribution in [-0.4, -0.2) is 31.0 Å². The third-order valence-electron chi connectivity index (χ3n) is 2.57. The van der Waals surface area contributed by atoms with Crippen LogP contribution in [0.15, 0.2) is 16.6 Å². The molecule has 0 heterocycles. The molecule has 0 saturated heterocycles. The Labute approximate surface area is 135 Å². The molecule has 1 rings (SSSR count). The molecule has 0 fully saturated rings. The predicted molar refractivity (Wildman–Crippen MR) is 90.1 cm³/mol. The van der Waals surface area contributed by atoms with Crippen molar-refractivity contribution in [1.29, 1.82) is 0 Å². The molecule has 1 aromatic carbocycles. The van der Waals surface area contributed by atoms with Gasteiger partial charge in [-0.3, -0.25) is 0 Å². The van der Waals surface area contributed by atoms with Crippen molar-refractivity contribution >= 4 is 27.3 Å². The Morgan fingerprint density at radius 3 is 2.71 bits per heavy atom. The third kappa shape index (κ3) is 8.24. The van der Waals surface area contributed by atoms with E-state index in [4.69, 9.17) is 10.5 Å². The van der Waals surface area contributed by atoms with Crippen LogP contribution in [0.2, 0.25) is 0 Å². The number of unbranched alkanes of at least 4 members (excludes halogenated alkanes) is 1. The minimum atomic E-state index is -0.635. The average molecular weight is 365 g/mol. The zero-order chi connectivity index (χ0) is 16.3. The van der Waals surface area contributed by atoms with Crippen LogP contribution in [0.3, 0.4) is 0 Å². The summed E-state index contributed by atoms with van der Waals surface area (Å²) in [4.78, 5) is 0. The van der Waals surface area contributed by atoms with E-state index >= 15 is 0 Å². The van der Waals surface area contributed by atoms with Crippen molar-refractivity contribution in [3.05, 3.63) is 22.4 Å². The third-order valence-corrected chi connectivity index (χ3v) is 3.22. The number of halogens is 2. The molecule has 0 spiro atoms. The van der Waals surface area contributed by atoms with Crippen LogP contribution < -0.4 is 11.1 Å². The highest BCUT2D eigenvalue weighted by Gasteiger charge is 2.08. The largest absolute Gasteiger partial charge is 0.396 e. The molecule has 0 aliphatic rings. The van der Waals surface area contributed by atoms with Gasteiger partial charge in [-0.25, -0.2) is 4.39 Å². The standard InChI is InChI=1S/C13H20BrFN2O2.C2H6/c1-2-3-4-19-8-9(18)7-17-13-6-11(15)12(16)5-10(13)14;1-2/h5-6,9,17-18H,2-4,7-8,16H2,1H3;1-2H3. The molecule has 1 aromatic rings. The van der Waals surface area contributed by atoms with E-state index in [1.807, 2.05) is 13.8 Å². The van der Waals surface area contributed by atoms with Gasteiger partial charge in [0.05, 0.1) is 24.1 Å². The summed E-state index contributed by atoms with van der Waals surface area (Å²) in [5.74, 6) is -0.487. The first-order chi connectivity index (χ1) is 10.0. The molecule has 122 valence electrons. The lowest BCUT2D eigenvalue weighted by Crippen LogP contribution is -2.25. The van der Waals surface area contributed by atoms with Crippen LogP contribution in [0.5, 0.6) is 0 Å². The molecule has 0 radical (unpaired) electrons. The molecule has 0 saturated carbocycles. The molecule has 1 atom stereocenters. The van der Waals surface area contributed by atoms with E-state index < -0.39 is 11.9 Å². The summed E-state index contributed by atoms with van der Waals surface area (Å²) in [6.07, 6.45) is 1.41. The number of hydrogen-bond acceptors (Lipinski definition) is 4. The van der Waals surface area contributed by atoms with Crippen LogP contribution in [0.25, 0.3) is 0 Å². The SMILES string of the molecule is CC.CCCCOCC(O)CNc1cc(F)c(N)cc1Br. The second kappa shape index (κ2) is 11.8. The van der Waals surface area contributed by atoms with Crippen LogP contribution in [0.1, 0.15) is 33.6 Å². The molecule has 4 nitrogen and oxygen atoms in total. The van der Waals surface area contributed by atoms with Gasteiger partial charge in [0.15, 0.2) is 0 Å². The maximum atomic E-state index is 13.3. The molecule has 4 N–H and O–H groups in total. The molecule has 0 bridgehead atoms. The lowest BCUT2D eigenvalue weighted by molar-refractivity contribution is 0.0421. The average Bonchev–Trinajstić information content (AvgIpc) is 2.48. The fourth-order valence-electron chi connectivity index (χ4n) is 1.45. The maximum Gasteiger partial charge on any atom is 0.148 e. The van der Waals surface area contributed by atoms with Crippen molar-refractivity contribution in [2.75, 3.05) is 30.8 Å². The Balaban J connectivity index is 0.00000191. The molecular weight excluding hydrogens is 339 g/mol. The Kier molecular flexibility index (Phi) is 11.3. The Hall–Kier alpha value is -0.850. The number of nitrogen functional groups attached to an aromatic ring is 1. The fourth-order valence-corrected chi connectivity index (χ4v) is 1.95. The fraction of sp³-hybridized carbons (Fsp3) is 0.600. The Morgan fingerprint density at radius 2 is 2.10 bits per heavy atom. The summed E-state index contributed by atoms with van der Waals surface area (Å²) in [7, 11) is 0. The number of benzene rings is 1. The number of aliphatic hydroxyl groups is 1. The molecule has 0 aromatic heterocycles. The lowest BCUT2D eigenvalue weighted by atomic mass is 10.2. The summed E-state index contributed by atoms with van der Waals surface area (Å²) < 4.78 is 19.3. The van der Waals surface area contributed by atoms with Crippen molar-refractivity contribution in [3.8, 4) is 0 Å². The zero-order valence-electron chi connectivity index (χ0n) is 13.0. The zero-order valence-corrected chi connectivity index (χ0v) is 14.5. The number of ether oxygens (including phenoxy) is 1. The number of rotatable bonds is 8. The smallest absolute Gasteiger partial charge is 0.148 e. The minimum absolute atomic E-state index is 0.0841. The highest BCUT2D eigenvalue weighted by atomic mass is 79.9. The van der Waals surface area contributed by atoms with E-state index in [1.54, 1.807) is 0 Å². The normalized spacial score (nSPS) is 11.5. The van der Waals surface area contributed by atoms with Crippen molar-refractivity contribution in [2.24, 2.45) is 0 Å². The van der Waals surface area contributed by atoms with Gasteiger partial charge in [0.2, 0.25) is 0 Å². The predicted octanol–water partition coefficient (Wildman–Crippen LogP) is 3.79. The Bertz CT molecular complexity index is 406. The van der Waals surface area contributed by atoms with E-state index in [0.29, 0.717) is 16.8 Å². The van der Waals surface area contributed by atoms with Gasteiger partial charge in [0.1, 0.15) is 5.82 Å². The number of hydrogen-bond donors (Lipinski definition) is 3. The molecule has 0 aliphatic carbocycles. The van der Waals surface area contributed by atoms with Gasteiger partial charge < -0.3 is 20.9 Å². The monoisotopic (exact) mass is 364 g/mol. The molecule has 6 heteroatoms. The van der Waals surface area contributed by atoms with Crippen molar-refractivity contribution in [1.82, 2.24) is 0 Å². The number of nitrogens with two attached hydrogens (primary N) is 1. The van der Waals surface area contributed by atoms with Crippen molar-refractivity contribution < 1.29 is 14.2 Å². The van der Waals surface area contributed by atoms with Crippen LogP contribution >= 0.6 is 15.9 Å². The second-order valence-electron chi connectivity index (χ2n) is 4.32. The lowest BCUT2D eigenvalue weighted by Gasteiger charge is -2.14. The summed E-state index contributed by atoms with van der Waals surface area (Å²) in [6, 6.07) is 2.78. The molecule has 0 amide bonds. The van der Waals surface area contributed by atoms with E-state index in [0.717, 1.165) is 12.8 Å². The molecule has 1 unspecified atom stereocenters. The van der Waals surface area contributed by atoms with Crippen LogP contribution in [0, 0.1) is 5.82 Å². The number of anilines is 2. The van der Waals surface area contributed by atoms with E-state index in [1.165, 1.54) is 12.1 Å². The second-order valence-corrected chi connectivity index (χ2v) is 5.17. The summed E-state index contributed by atoms with van der Waals surface area (Å²) >= 11 is 3.28. The van der Waals surface area contributed by atoms with E-state index in [2.05, 4.69) is 28.2 Å². The molecular formula is C15H26BrFN2O2. The minimum Gasteiger partial charge on any atom is -0.396 e. The van der Waals surface area contributed by atoms with Gasteiger partial charge in [-0.1, -0.05) is 27.2 Å². The van der Waals surface area contributed by atoms with Gasteiger partial charge in [-0.05, 0) is 28.4 Å². The number of nitrogens with one attached hydrogen (secondary N) is 1. The van der Waals surface area contributed by atoms with Crippen molar-refractivity contribution in [2.45, 2.75) is 39.7 Å². The topological polar surface area (TPSA) is 67.5 Å². The first-order valence-corrected chi connectivity index (χ1v) is 8.08. The quantitative estimate of drug-likeness (QED) is 0.484. The van der Waals surface area contributed by atoms with Gasteiger partial charge in [-0.15, -0.1) is 0 Å². The summed E-state index contributed by atoms with van der Waals surface area (Å²) in [6.45, 7) is 7.28. The first-order valence-electron chi connectivity index (χ1n) is 7.28. The maximum absolute atomic E-state index is 13.3. The van der Waals surface area contributed by atoms with E-state index in [9.17, 15) is 9.50 Å². The van der Waals surface area contributed by atoms with Gasteiger partial charge in [-0.2, -0.15) is 0 Å². The Morgan fingerprint density at radius 1 is 1.43 bits per heavy atom. The van der Waals surface area contributed by atoms with E-state index in [-0.39, 0.29) is 18.8 Å². The van der Waals surface area contributed by atoms with Crippen molar-refractivity contribution in [3.63, 3.8) is 0 Å². The molecule has 21 heavy (non-hydrogen) atoms. The van der Waals surface area contributed by atoms with Gasteiger partial charge in [0.25, 0.3) is 0 Å². The highest BCUT2D eigenvalue weighted by molar-refractivity contribution is 9.10. The first kappa shape index (κ1) is 20.1. The van der Waals surface area contributed by atoms with Crippen LogP contribution in [-0.2, 0) is 4.74 Å². The highest BCUT2D eigenvalue weighted by Crippen LogP contribution is 2.27. The summed E-state index contributed by atoms with van der Waals surface area (Å²) in [5, 5.41) is 12.7. The van der Waals surface area contributed by atoms with Crippen LogP contribution in [0.4, 0.5) is 15.8 Å². The molecule has 0 aliphatic heterocycles. The van der Waals surface area contributed by atoms with Gasteiger partial charge in [0, 0.05) is 23.7 Å².